The van der Waals surface area contributed by atoms with Gasteiger partial charge in [-0.3, -0.25) is 14.9 Å². The van der Waals surface area contributed by atoms with Gasteiger partial charge in [-0.05, 0) is 43.7 Å². The number of rotatable bonds is 2. The third-order valence-electron chi connectivity index (χ3n) is 4.58. The molecule has 1 saturated heterocycles. The van der Waals surface area contributed by atoms with Crippen LogP contribution in [0.4, 0.5) is 5.69 Å². The number of non-ortho nitro benzene ring substituents is 1. The van der Waals surface area contributed by atoms with Crippen LogP contribution in [0.15, 0.2) is 24.3 Å². The molecule has 1 heterocycles. The van der Waals surface area contributed by atoms with Gasteiger partial charge in [-0.2, -0.15) is 0 Å². The van der Waals surface area contributed by atoms with Crippen LogP contribution in [-0.2, 0) is 0 Å². The number of nitrogens with zero attached hydrogens (tertiary/aromatic N) is 2. The summed E-state index contributed by atoms with van der Waals surface area (Å²) in [6.07, 6.45) is 5.84. The summed E-state index contributed by atoms with van der Waals surface area (Å²) < 4.78 is 0. The molecule has 0 bridgehead atoms. The Labute approximate surface area is 117 Å². The maximum absolute atomic E-state index is 12.6. The summed E-state index contributed by atoms with van der Waals surface area (Å²) in [6.45, 7) is 0.816. The molecule has 2 aliphatic rings. The third kappa shape index (κ3) is 2.28. The highest BCUT2D eigenvalue weighted by Crippen LogP contribution is 2.37. The van der Waals surface area contributed by atoms with Gasteiger partial charge in [-0.15, -0.1) is 0 Å². The van der Waals surface area contributed by atoms with E-state index in [1.54, 1.807) is 12.1 Å². The van der Waals surface area contributed by atoms with E-state index in [4.69, 9.17) is 0 Å². The van der Waals surface area contributed by atoms with Crippen LogP contribution in [0.2, 0.25) is 0 Å². The van der Waals surface area contributed by atoms with Crippen molar-refractivity contribution in [1.29, 1.82) is 0 Å². The van der Waals surface area contributed by atoms with Crippen molar-refractivity contribution in [2.75, 3.05) is 6.54 Å². The average molecular weight is 274 g/mol. The van der Waals surface area contributed by atoms with Crippen LogP contribution in [-0.4, -0.2) is 28.3 Å². The van der Waals surface area contributed by atoms with E-state index in [1.165, 1.54) is 31.4 Å². The number of nitro benzene ring substituents is 1. The molecule has 1 aromatic rings. The zero-order valence-corrected chi connectivity index (χ0v) is 11.3. The van der Waals surface area contributed by atoms with Crippen LogP contribution in [0, 0.1) is 16.0 Å². The van der Waals surface area contributed by atoms with Gasteiger partial charge in [0, 0.05) is 30.3 Å². The Morgan fingerprint density at radius 1 is 1.15 bits per heavy atom. The SMILES string of the molecule is O=C(c1ccc([N+](=O)[O-])cc1)N1CCC[C@@H]2CCC[C@@H]21. The normalized spacial score (nSPS) is 25.3. The molecular weight excluding hydrogens is 256 g/mol. The molecule has 0 spiro atoms. The van der Waals surface area contributed by atoms with Crippen molar-refractivity contribution in [1.82, 2.24) is 4.90 Å². The number of carbonyl (C=O) groups excluding carboxylic acids is 1. The van der Waals surface area contributed by atoms with Crippen molar-refractivity contribution in [2.24, 2.45) is 5.92 Å². The molecule has 20 heavy (non-hydrogen) atoms. The smallest absolute Gasteiger partial charge is 0.269 e. The Kier molecular flexibility index (Phi) is 3.42. The second-order valence-electron chi connectivity index (χ2n) is 5.70. The van der Waals surface area contributed by atoms with Crippen molar-refractivity contribution in [3.63, 3.8) is 0 Å². The standard InChI is InChI=1S/C15H18N2O3/c18-15(12-6-8-13(9-7-12)17(19)20)16-10-2-4-11-3-1-5-14(11)16/h6-9,11,14H,1-5,10H2/t11-,14-/m0/s1. The predicted octanol–water partition coefficient (Wildman–Crippen LogP) is 3.00. The van der Waals surface area contributed by atoms with Crippen molar-refractivity contribution >= 4 is 11.6 Å². The zero-order valence-electron chi connectivity index (χ0n) is 11.3. The molecule has 1 aromatic carbocycles. The molecule has 2 atom stereocenters. The summed E-state index contributed by atoms with van der Waals surface area (Å²) in [5.74, 6) is 0.683. The summed E-state index contributed by atoms with van der Waals surface area (Å²) in [6, 6.07) is 6.33. The summed E-state index contributed by atoms with van der Waals surface area (Å²) in [7, 11) is 0. The van der Waals surface area contributed by atoms with E-state index in [0.29, 0.717) is 17.5 Å². The lowest BCUT2D eigenvalue weighted by atomic mass is 9.91. The first-order valence-electron chi connectivity index (χ1n) is 7.22. The molecule has 0 N–H and O–H groups in total. The minimum atomic E-state index is -0.442. The molecule has 0 unspecified atom stereocenters. The van der Waals surface area contributed by atoms with E-state index < -0.39 is 4.92 Å². The number of hydrogen-bond acceptors (Lipinski definition) is 3. The molecular formula is C15H18N2O3. The number of fused-ring (bicyclic) bond motifs is 1. The number of carbonyl (C=O) groups is 1. The minimum absolute atomic E-state index is 0.0245. The number of likely N-dealkylation sites (tertiary alicyclic amines) is 1. The average Bonchev–Trinajstić information content (AvgIpc) is 2.95. The molecule has 1 aliphatic heterocycles. The van der Waals surface area contributed by atoms with Gasteiger partial charge < -0.3 is 4.90 Å². The van der Waals surface area contributed by atoms with E-state index >= 15 is 0 Å². The maximum atomic E-state index is 12.6. The fraction of sp³-hybridized carbons (Fsp3) is 0.533. The Morgan fingerprint density at radius 3 is 2.55 bits per heavy atom. The lowest BCUT2D eigenvalue weighted by Crippen LogP contribution is -2.46. The van der Waals surface area contributed by atoms with Crippen LogP contribution < -0.4 is 0 Å². The molecule has 1 amide bonds. The van der Waals surface area contributed by atoms with Crippen LogP contribution >= 0.6 is 0 Å². The van der Waals surface area contributed by atoms with E-state index in [2.05, 4.69) is 0 Å². The lowest BCUT2D eigenvalue weighted by Gasteiger charge is -2.37. The summed E-state index contributed by atoms with van der Waals surface area (Å²) in [5.41, 5.74) is 0.585. The molecule has 5 heteroatoms. The molecule has 1 saturated carbocycles. The van der Waals surface area contributed by atoms with Crippen molar-refractivity contribution in [3.8, 4) is 0 Å². The fourth-order valence-electron chi connectivity index (χ4n) is 3.60. The number of hydrogen-bond donors (Lipinski definition) is 0. The lowest BCUT2D eigenvalue weighted by molar-refractivity contribution is -0.384. The quantitative estimate of drug-likeness (QED) is 0.615. The van der Waals surface area contributed by atoms with Crippen molar-refractivity contribution in [2.45, 2.75) is 38.1 Å². The van der Waals surface area contributed by atoms with Gasteiger partial charge in [0.15, 0.2) is 0 Å². The molecule has 0 aromatic heterocycles. The van der Waals surface area contributed by atoms with E-state index in [1.807, 2.05) is 4.90 Å². The maximum Gasteiger partial charge on any atom is 0.269 e. The molecule has 1 aliphatic carbocycles. The molecule has 2 fully saturated rings. The van der Waals surface area contributed by atoms with E-state index in [9.17, 15) is 14.9 Å². The Balaban J connectivity index is 1.79. The molecule has 3 rings (SSSR count). The molecule has 0 radical (unpaired) electrons. The van der Waals surface area contributed by atoms with Gasteiger partial charge in [0.05, 0.1) is 4.92 Å². The zero-order chi connectivity index (χ0) is 14.1. The van der Waals surface area contributed by atoms with Crippen molar-refractivity contribution < 1.29 is 9.72 Å². The van der Waals surface area contributed by atoms with E-state index in [0.717, 1.165) is 19.4 Å². The van der Waals surface area contributed by atoms with Crippen LogP contribution in [0.1, 0.15) is 42.5 Å². The van der Waals surface area contributed by atoms with Gasteiger partial charge in [0.2, 0.25) is 0 Å². The summed E-state index contributed by atoms with van der Waals surface area (Å²) in [4.78, 5) is 24.8. The second-order valence-corrected chi connectivity index (χ2v) is 5.70. The Bertz CT molecular complexity index is 526. The minimum Gasteiger partial charge on any atom is -0.335 e. The van der Waals surface area contributed by atoms with Gasteiger partial charge >= 0.3 is 0 Å². The van der Waals surface area contributed by atoms with Gasteiger partial charge in [0.25, 0.3) is 11.6 Å². The van der Waals surface area contributed by atoms with Gasteiger partial charge in [-0.25, -0.2) is 0 Å². The monoisotopic (exact) mass is 274 g/mol. The Hall–Kier alpha value is -1.91. The third-order valence-corrected chi connectivity index (χ3v) is 4.58. The van der Waals surface area contributed by atoms with Gasteiger partial charge in [0.1, 0.15) is 0 Å². The topological polar surface area (TPSA) is 63.4 Å². The first-order chi connectivity index (χ1) is 9.66. The highest BCUT2D eigenvalue weighted by molar-refractivity contribution is 5.94. The summed E-state index contributed by atoms with van der Waals surface area (Å²) >= 11 is 0. The highest BCUT2D eigenvalue weighted by atomic mass is 16.6. The Morgan fingerprint density at radius 2 is 1.85 bits per heavy atom. The first kappa shape index (κ1) is 13.1. The highest BCUT2D eigenvalue weighted by Gasteiger charge is 2.37. The first-order valence-corrected chi connectivity index (χ1v) is 7.22. The summed E-state index contributed by atoms with van der Waals surface area (Å²) in [5, 5.41) is 10.6. The van der Waals surface area contributed by atoms with Crippen LogP contribution in [0.25, 0.3) is 0 Å². The number of piperidine rings is 1. The van der Waals surface area contributed by atoms with Crippen molar-refractivity contribution in [3.05, 3.63) is 39.9 Å². The molecule has 106 valence electrons. The predicted molar refractivity (Wildman–Crippen MR) is 74.5 cm³/mol. The fourth-order valence-corrected chi connectivity index (χ4v) is 3.60. The number of amides is 1. The van der Waals surface area contributed by atoms with Crippen LogP contribution in [0.3, 0.4) is 0 Å². The number of benzene rings is 1. The van der Waals surface area contributed by atoms with E-state index in [-0.39, 0.29) is 11.6 Å². The van der Waals surface area contributed by atoms with Crippen LogP contribution in [0.5, 0.6) is 0 Å². The van der Waals surface area contributed by atoms with Gasteiger partial charge in [-0.1, -0.05) is 6.42 Å². The number of nitro groups is 1. The largest absolute Gasteiger partial charge is 0.335 e. The molecule has 5 nitrogen and oxygen atoms in total. The second kappa shape index (κ2) is 5.23.